The van der Waals surface area contributed by atoms with Gasteiger partial charge >= 0.3 is 0 Å². The third-order valence-electron chi connectivity index (χ3n) is 5.63. The van der Waals surface area contributed by atoms with Crippen molar-refractivity contribution in [2.24, 2.45) is 0 Å². The Bertz CT molecular complexity index is 871. The lowest BCUT2D eigenvalue weighted by atomic mass is 10.0. The van der Waals surface area contributed by atoms with Crippen molar-refractivity contribution in [3.63, 3.8) is 0 Å². The number of benzene rings is 1. The summed E-state index contributed by atoms with van der Waals surface area (Å²) in [4.78, 5) is 34.0. The number of aryl methyl sites for hydroxylation is 2. The Morgan fingerprint density at radius 3 is 2.62 bits per heavy atom. The third-order valence-corrected chi connectivity index (χ3v) is 5.63. The van der Waals surface area contributed by atoms with E-state index in [1.807, 2.05) is 43.0 Å². The van der Waals surface area contributed by atoms with Crippen molar-refractivity contribution < 1.29 is 9.59 Å². The minimum absolute atomic E-state index is 0.0643. The second kappa shape index (κ2) is 6.71. The summed E-state index contributed by atoms with van der Waals surface area (Å²) in [5.41, 5.74) is 3.40. The van der Waals surface area contributed by atoms with Gasteiger partial charge in [-0.2, -0.15) is 0 Å². The predicted molar refractivity (Wildman–Crippen MR) is 101 cm³/mol. The molecule has 2 fully saturated rings. The Balaban J connectivity index is 1.59. The molecule has 2 aromatic rings. The highest BCUT2D eigenvalue weighted by Gasteiger charge is 2.33. The molecule has 0 radical (unpaired) electrons. The van der Waals surface area contributed by atoms with Crippen LogP contribution in [0.2, 0.25) is 0 Å². The molecule has 0 bridgehead atoms. The predicted octanol–water partition coefficient (Wildman–Crippen LogP) is 3.08. The first-order valence-electron chi connectivity index (χ1n) is 9.49. The molecule has 0 N–H and O–H groups in total. The minimum atomic E-state index is -0.0643. The number of nitrogens with zero attached hydrogens (tertiary/aromatic N) is 3. The van der Waals surface area contributed by atoms with Crippen molar-refractivity contribution >= 4 is 22.7 Å². The zero-order chi connectivity index (χ0) is 18.3. The fourth-order valence-electron chi connectivity index (χ4n) is 4.28. The smallest absolute Gasteiger partial charge is 0.255 e. The summed E-state index contributed by atoms with van der Waals surface area (Å²) >= 11 is 0. The number of fused-ring (bicyclic) bond motifs is 1. The van der Waals surface area contributed by atoms with Crippen molar-refractivity contribution in [3.05, 3.63) is 41.1 Å². The molecular weight excluding hydrogens is 326 g/mol. The third kappa shape index (κ3) is 3.06. The summed E-state index contributed by atoms with van der Waals surface area (Å²) < 4.78 is 0. The van der Waals surface area contributed by atoms with Crippen molar-refractivity contribution in [3.8, 4) is 0 Å². The number of piperazine rings is 1. The van der Waals surface area contributed by atoms with Crippen molar-refractivity contribution in [1.82, 2.24) is 14.8 Å². The number of pyridine rings is 1. The summed E-state index contributed by atoms with van der Waals surface area (Å²) in [5, 5.41) is 0.867. The molecule has 1 aliphatic heterocycles. The molecule has 26 heavy (non-hydrogen) atoms. The number of aromatic nitrogens is 1. The SMILES string of the molecule is Cc1ccc2nc(C)cc(C(=O)N3CCN(C4CCCC4)C(=O)C3)c2c1. The van der Waals surface area contributed by atoms with Crippen LogP contribution in [0.25, 0.3) is 10.9 Å². The average molecular weight is 351 g/mol. The lowest BCUT2D eigenvalue weighted by Gasteiger charge is -2.38. The van der Waals surface area contributed by atoms with Crippen LogP contribution >= 0.6 is 0 Å². The molecule has 5 nitrogen and oxygen atoms in total. The Morgan fingerprint density at radius 2 is 1.88 bits per heavy atom. The molecule has 1 aromatic carbocycles. The summed E-state index contributed by atoms with van der Waals surface area (Å²) in [6, 6.07) is 8.19. The van der Waals surface area contributed by atoms with Gasteiger partial charge in [-0.15, -0.1) is 0 Å². The van der Waals surface area contributed by atoms with E-state index < -0.39 is 0 Å². The molecule has 0 atom stereocenters. The van der Waals surface area contributed by atoms with Gasteiger partial charge in [0.2, 0.25) is 5.91 Å². The van der Waals surface area contributed by atoms with Gasteiger partial charge in [0, 0.05) is 30.2 Å². The highest BCUT2D eigenvalue weighted by Crippen LogP contribution is 2.26. The van der Waals surface area contributed by atoms with E-state index in [9.17, 15) is 9.59 Å². The molecule has 0 spiro atoms. The molecule has 2 aliphatic rings. The lowest BCUT2D eigenvalue weighted by Crippen LogP contribution is -2.54. The highest BCUT2D eigenvalue weighted by molar-refractivity contribution is 6.07. The van der Waals surface area contributed by atoms with Gasteiger partial charge in [-0.3, -0.25) is 14.6 Å². The van der Waals surface area contributed by atoms with Crippen LogP contribution in [-0.2, 0) is 4.79 Å². The fraction of sp³-hybridized carbons (Fsp3) is 0.476. The number of rotatable bonds is 2. The minimum Gasteiger partial charge on any atom is -0.336 e. The molecule has 4 rings (SSSR count). The first-order chi connectivity index (χ1) is 12.5. The number of hydrogen-bond donors (Lipinski definition) is 0. The van der Waals surface area contributed by atoms with Gasteiger partial charge in [0.05, 0.1) is 11.1 Å². The average Bonchev–Trinajstić information content (AvgIpc) is 3.15. The van der Waals surface area contributed by atoms with E-state index >= 15 is 0 Å². The van der Waals surface area contributed by atoms with E-state index in [2.05, 4.69) is 4.98 Å². The van der Waals surface area contributed by atoms with E-state index in [1.165, 1.54) is 12.8 Å². The maximum absolute atomic E-state index is 13.2. The van der Waals surface area contributed by atoms with Crippen molar-refractivity contribution in [2.75, 3.05) is 19.6 Å². The maximum atomic E-state index is 13.2. The Hall–Kier alpha value is -2.43. The number of hydrogen-bond acceptors (Lipinski definition) is 3. The zero-order valence-corrected chi connectivity index (χ0v) is 15.5. The first-order valence-corrected chi connectivity index (χ1v) is 9.49. The maximum Gasteiger partial charge on any atom is 0.255 e. The van der Waals surface area contributed by atoms with Gasteiger partial charge in [0.25, 0.3) is 5.91 Å². The largest absolute Gasteiger partial charge is 0.336 e. The molecule has 5 heteroatoms. The van der Waals surface area contributed by atoms with Gasteiger partial charge in [0.1, 0.15) is 6.54 Å². The van der Waals surface area contributed by atoms with E-state index in [0.29, 0.717) is 24.7 Å². The van der Waals surface area contributed by atoms with Crippen LogP contribution in [0.1, 0.15) is 47.3 Å². The molecule has 1 saturated heterocycles. The van der Waals surface area contributed by atoms with Gasteiger partial charge < -0.3 is 9.80 Å². The van der Waals surface area contributed by atoms with Crippen LogP contribution in [0, 0.1) is 13.8 Å². The Kier molecular flexibility index (Phi) is 4.39. The van der Waals surface area contributed by atoms with Crippen LogP contribution in [-0.4, -0.2) is 52.3 Å². The van der Waals surface area contributed by atoms with Crippen LogP contribution in [0.15, 0.2) is 24.3 Å². The molecule has 1 aromatic heterocycles. The summed E-state index contributed by atoms with van der Waals surface area (Å²) in [6.45, 7) is 5.35. The lowest BCUT2D eigenvalue weighted by molar-refractivity contribution is -0.137. The highest BCUT2D eigenvalue weighted by atomic mass is 16.2. The normalized spacial score (nSPS) is 18.8. The van der Waals surface area contributed by atoms with Crippen LogP contribution in [0.4, 0.5) is 0 Å². The summed E-state index contributed by atoms with van der Waals surface area (Å²) in [6.07, 6.45) is 4.62. The van der Waals surface area contributed by atoms with Gasteiger partial charge in [-0.25, -0.2) is 0 Å². The Morgan fingerprint density at radius 1 is 1.12 bits per heavy atom. The van der Waals surface area contributed by atoms with E-state index in [-0.39, 0.29) is 18.4 Å². The van der Waals surface area contributed by atoms with E-state index in [4.69, 9.17) is 0 Å². The molecular formula is C21H25N3O2. The van der Waals surface area contributed by atoms with Crippen LogP contribution in [0.3, 0.4) is 0 Å². The fourth-order valence-corrected chi connectivity index (χ4v) is 4.28. The van der Waals surface area contributed by atoms with Crippen molar-refractivity contribution in [1.29, 1.82) is 0 Å². The van der Waals surface area contributed by atoms with Gasteiger partial charge in [-0.1, -0.05) is 24.5 Å². The quantitative estimate of drug-likeness (QED) is 0.835. The molecule has 1 saturated carbocycles. The summed E-state index contributed by atoms with van der Waals surface area (Å²) in [5.74, 6) is 0.0216. The number of amides is 2. The van der Waals surface area contributed by atoms with Crippen molar-refractivity contribution in [2.45, 2.75) is 45.6 Å². The van der Waals surface area contributed by atoms with Gasteiger partial charge in [0.15, 0.2) is 0 Å². The van der Waals surface area contributed by atoms with Crippen LogP contribution in [0.5, 0.6) is 0 Å². The standard InChI is InChI=1S/C21H25N3O2/c1-14-7-8-19-17(11-14)18(12-15(2)22-19)21(26)23-9-10-24(20(25)13-23)16-5-3-4-6-16/h7-8,11-12,16H,3-6,9-10,13H2,1-2H3. The second-order valence-corrected chi connectivity index (χ2v) is 7.58. The molecule has 1 aliphatic carbocycles. The number of carbonyl (C=O) groups is 2. The molecule has 2 amide bonds. The monoisotopic (exact) mass is 351 g/mol. The Labute approximate surface area is 154 Å². The van der Waals surface area contributed by atoms with Crippen LogP contribution < -0.4 is 0 Å². The summed E-state index contributed by atoms with van der Waals surface area (Å²) in [7, 11) is 0. The topological polar surface area (TPSA) is 53.5 Å². The van der Waals surface area contributed by atoms with E-state index in [0.717, 1.165) is 35.0 Å². The van der Waals surface area contributed by atoms with E-state index in [1.54, 1.807) is 4.90 Å². The van der Waals surface area contributed by atoms with Gasteiger partial charge in [-0.05, 0) is 44.9 Å². The molecule has 136 valence electrons. The number of carbonyl (C=O) groups excluding carboxylic acids is 2. The molecule has 2 heterocycles. The zero-order valence-electron chi connectivity index (χ0n) is 15.5. The molecule has 0 unspecified atom stereocenters. The second-order valence-electron chi connectivity index (χ2n) is 7.58. The first kappa shape index (κ1) is 17.0.